The predicted octanol–water partition coefficient (Wildman–Crippen LogP) is 3.58. The van der Waals surface area contributed by atoms with Crippen LogP contribution in [0.25, 0.3) is 0 Å². The summed E-state index contributed by atoms with van der Waals surface area (Å²) in [4.78, 5) is 4.40. The van der Waals surface area contributed by atoms with Gasteiger partial charge in [0.15, 0.2) is 0 Å². The van der Waals surface area contributed by atoms with E-state index in [4.69, 9.17) is 0 Å². The van der Waals surface area contributed by atoms with Crippen LogP contribution >= 0.6 is 0 Å². The number of aryl methyl sites for hydroxylation is 2. The van der Waals surface area contributed by atoms with Gasteiger partial charge in [-0.1, -0.05) is 12.1 Å². The molecule has 1 aromatic heterocycles. The molecule has 1 aliphatic carbocycles. The maximum Gasteiger partial charge on any atom is 0.207 e. The molecular weight excluding hydrogens is 210 g/mol. The van der Waals surface area contributed by atoms with Gasteiger partial charge in [0.05, 0.1) is 0 Å². The SMILES string of the molecule is Cc1ccc(C)c(Nc2nccn2C2CC2)c1. The molecule has 2 aromatic rings. The Balaban J connectivity index is 1.90. The molecule has 0 aliphatic heterocycles. The lowest BCUT2D eigenvalue weighted by Crippen LogP contribution is -2.02. The fraction of sp³-hybridized carbons (Fsp3) is 0.357. The molecule has 0 bridgehead atoms. The van der Waals surface area contributed by atoms with Gasteiger partial charge in [-0.05, 0) is 43.9 Å². The summed E-state index contributed by atoms with van der Waals surface area (Å²) in [6.07, 6.45) is 6.48. The molecule has 0 atom stereocenters. The quantitative estimate of drug-likeness (QED) is 0.868. The van der Waals surface area contributed by atoms with Crippen LogP contribution in [0.2, 0.25) is 0 Å². The number of aromatic nitrogens is 2. The average molecular weight is 227 g/mol. The highest BCUT2D eigenvalue weighted by Crippen LogP contribution is 2.37. The third-order valence-corrected chi connectivity index (χ3v) is 3.25. The standard InChI is InChI=1S/C14H17N3/c1-10-3-4-11(2)13(9-10)16-14-15-7-8-17(14)12-5-6-12/h3-4,7-9,12H,5-6H2,1-2H3,(H,15,16). The van der Waals surface area contributed by atoms with Gasteiger partial charge in [0.1, 0.15) is 0 Å². The maximum absolute atomic E-state index is 4.40. The minimum Gasteiger partial charge on any atom is -0.325 e. The van der Waals surface area contributed by atoms with E-state index < -0.39 is 0 Å². The Morgan fingerprint density at radius 3 is 2.88 bits per heavy atom. The zero-order valence-electron chi connectivity index (χ0n) is 10.3. The Bertz CT molecular complexity index is 538. The fourth-order valence-electron chi connectivity index (χ4n) is 2.05. The molecule has 3 heteroatoms. The van der Waals surface area contributed by atoms with E-state index in [1.165, 1.54) is 24.0 Å². The second kappa shape index (κ2) is 3.91. The highest BCUT2D eigenvalue weighted by atomic mass is 15.2. The lowest BCUT2D eigenvalue weighted by Gasteiger charge is -2.11. The third-order valence-electron chi connectivity index (χ3n) is 3.25. The minimum absolute atomic E-state index is 0.658. The summed E-state index contributed by atoms with van der Waals surface area (Å²) in [6.45, 7) is 4.23. The molecule has 3 rings (SSSR count). The lowest BCUT2D eigenvalue weighted by atomic mass is 10.1. The first-order chi connectivity index (χ1) is 8.24. The molecule has 0 amide bonds. The lowest BCUT2D eigenvalue weighted by molar-refractivity contribution is 0.751. The van der Waals surface area contributed by atoms with Gasteiger partial charge in [-0.25, -0.2) is 4.98 Å². The smallest absolute Gasteiger partial charge is 0.207 e. The van der Waals surface area contributed by atoms with E-state index in [-0.39, 0.29) is 0 Å². The van der Waals surface area contributed by atoms with Crippen LogP contribution in [0, 0.1) is 13.8 Å². The molecule has 1 saturated carbocycles. The van der Waals surface area contributed by atoms with Crippen LogP contribution in [0.15, 0.2) is 30.6 Å². The van der Waals surface area contributed by atoms with Gasteiger partial charge in [-0.15, -0.1) is 0 Å². The summed E-state index contributed by atoms with van der Waals surface area (Å²) in [7, 11) is 0. The molecule has 0 unspecified atom stereocenters. The van der Waals surface area contributed by atoms with Gasteiger partial charge in [0.2, 0.25) is 5.95 Å². The molecule has 1 heterocycles. The number of anilines is 2. The molecule has 0 spiro atoms. The van der Waals surface area contributed by atoms with Gasteiger partial charge < -0.3 is 9.88 Å². The molecule has 1 N–H and O–H groups in total. The maximum atomic E-state index is 4.40. The summed E-state index contributed by atoms with van der Waals surface area (Å²) in [5, 5.41) is 3.43. The Labute approximate surface area is 101 Å². The number of nitrogens with one attached hydrogen (secondary N) is 1. The zero-order valence-corrected chi connectivity index (χ0v) is 10.3. The summed E-state index contributed by atoms with van der Waals surface area (Å²) in [6, 6.07) is 7.10. The van der Waals surface area contributed by atoms with Crippen LogP contribution in [-0.2, 0) is 0 Å². The molecule has 3 nitrogen and oxygen atoms in total. The number of imidazole rings is 1. The van der Waals surface area contributed by atoms with Crippen molar-refractivity contribution in [2.24, 2.45) is 0 Å². The third kappa shape index (κ3) is 2.05. The molecule has 1 fully saturated rings. The molecule has 0 saturated heterocycles. The predicted molar refractivity (Wildman–Crippen MR) is 69.7 cm³/mol. The number of nitrogens with zero attached hydrogens (tertiary/aromatic N) is 2. The monoisotopic (exact) mass is 227 g/mol. The number of benzene rings is 1. The first kappa shape index (κ1) is 10.4. The fourth-order valence-corrected chi connectivity index (χ4v) is 2.05. The van der Waals surface area contributed by atoms with Crippen LogP contribution in [0.3, 0.4) is 0 Å². The van der Waals surface area contributed by atoms with Crippen molar-refractivity contribution in [1.29, 1.82) is 0 Å². The Morgan fingerprint density at radius 1 is 1.29 bits per heavy atom. The number of rotatable bonds is 3. The van der Waals surface area contributed by atoms with E-state index in [2.05, 4.69) is 53.1 Å². The van der Waals surface area contributed by atoms with Gasteiger partial charge in [0, 0.05) is 24.1 Å². The van der Waals surface area contributed by atoms with Crippen molar-refractivity contribution in [2.45, 2.75) is 32.7 Å². The molecule has 1 aliphatic rings. The molecule has 1 aromatic carbocycles. The Kier molecular flexibility index (Phi) is 2.39. The van der Waals surface area contributed by atoms with E-state index in [0.717, 1.165) is 11.6 Å². The van der Waals surface area contributed by atoms with Crippen molar-refractivity contribution < 1.29 is 0 Å². The minimum atomic E-state index is 0.658. The van der Waals surface area contributed by atoms with Gasteiger partial charge in [0.25, 0.3) is 0 Å². The first-order valence-electron chi connectivity index (χ1n) is 6.11. The number of hydrogen-bond donors (Lipinski definition) is 1. The van der Waals surface area contributed by atoms with E-state index >= 15 is 0 Å². The van der Waals surface area contributed by atoms with Crippen LogP contribution in [0.5, 0.6) is 0 Å². The summed E-state index contributed by atoms with van der Waals surface area (Å²) >= 11 is 0. The average Bonchev–Trinajstić information content (AvgIpc) is 3.05. The molecule has 88 valence electrons. The molecular formula is C14H17N3. The van der Waals surface area contributed by atoms with Crippen LogP contribution < -0.4 is 5.32 Å². The molecule has 17 heavy (non-hydrogen) atoms. The van der Waals surface area contributed by atoms with E-state index in [1.54, 1.807) is 0 Å². The van der Waals surface area contributed by atoms with E-state index in [1.807, 2.05) is 6.20 Å². The normalized spacial score (nSPS) is 14.9. The second-order valence-electron chi connectivity index (χ2n) is 4.83. The van der Waals surface area contributed by atoms with Crippen LogP contribution in [0.4, 0.5) is 11.6 Å². The highest BCUT2D eigenvalue weighted by molar-refractivity contribution is 5.59. The van der Waals surface area contributed by atoms with Crippen molar-refractivity contribution in [3.05, 3.63) is 41.7 Å². The van der Waals surface area contributed by atoms with Crippen LogP contribution in [-0.4, -0.2) is 9.55 Å². The largest absolute Gasteiger partial charge is 0.325 e. The van der Waals surface area contributed by atoms with Crippen molar-refractivity contribution in [3.8, 4) is 0 Å². The van der Waals surface area contributed by atoms with Crippen molar-refractivity contribution in [2.75, 3.05) is 5.32 Å². The highest BCUT2D eigenvalue weighted by Gasteiger charge is 2.25. The van der Waals surface area contributed by atoms with Crippen LogP contribution in [0.1, 0.15) is 30.0 Å². The van der Waals surface area contributed by atoms with Gasteiger partial charge in [-0.3, -0.25) is 0 Å². The summed E-state index contributed by atoms with van der Waals surface area (Å²) in [5.41, 5.74) is 3.67. The topological polar surface area (TPSA) is 29.9 Å². The van der Waals surface area contributed by atoms with Gasteiger partial charge in [-0.2, -0.15) is 0 Å². The van der Waals surface area contributed by atoms with Crippen molar-refractivity contribution in [1.82, 2.24) is 9.55 Å². The number of hydrogen-bond acceptors (Lipinski definition) is 2. The summed E-state index contributed by atoms with van der Waals surface area (Å²) in [5.74, 6) is 0.959. The zero-order chi connectivity index (χ0) is 11.8. The van der Waals surface area contributed by atoms with Gasteiger partial charge >= 0.3 is 0 Å². The first-order valence-corrected chi connectivity index (χ1v) is 6.11. The Hall–Kier alpha value is -1.77. The molecule has 0 radical (unpaired) electrons. The van der Waals surface area contributed by atoms with Crippen molar-refractivity contribution >= 4 is 11.6 Å². The second-order valence-corrected chi connectivity index (χ2v) is 4.83. The van der Waals surface area contributed by atoms with Crippen molar-refractivity contribution in [3.63, 3.8) is 0 Å². The van der Waals surface area contributed by atoms with E-state index in [9.17, 15) is 0 Å². The summed E-state index contributed by atoms with van der Waals surface area (Å²) < 4.78 is 2.24. The Morgan fingerprint density at radius 2 is 2.12 bits per heavy atom. The van der Waals surface area contributed by atoms with E-state index in [0.29, 0.717) is 6.04 Å².